The van der Waals surface area contributed by atoms with Crippen molar-refractivity contribution in [2.24, 2.45) is 11.7 Å². The summed E-state index contributed by atoms with van der Waals surface area (Å²) in [7, 11) is 0. The number of β-lactam (4-membered cyclic amide) rings is 1. The zero-order valence-corrected chi connectivity index (χ0v) is 11.0. The molecule has 0 bridgehead atoms. The Hall–Kier alpha value is -2.25. The van der Waals surface area contributed by atoms with Crippen molar-refractivity contribution in [1.82, 2.24) is 4.98 Å². The van der Waals surface area contributed by atoms with Gasteiger partial charge in [0, 0.05) is 0 Å². The fourth-order valence-electron chi connectivity index (χ4n) is 2.00. The second-order valence-corrected chi connectivity index (χ2v) is 5.24. The molecule has 0 spiro atoms. The van der Waals surface area contributed by atoms with Crippen molar-refractivity contribution in [3.63, 3.8) is 0 Å². The maximum atomic E-state index is 13.0. The molecule has 1 aliphatic heterocycles. The van der Waals surface area contributed by atoms with E-state index in [1.165, 1.54) is 12.1 Å². The van der Waals surface area contributed by atoms with Crippen LogP contribution in [0.5, 0.6) is 5.88 Å². The number of rotatable bonds is 5. The van der Waals surface area contributed by atoms with Gasteiger partial charge >= 0.3 is 5.92 Å². The lowest BCUT2D eigenvalue weighted by Gasteiger charge is -2.37. The Bertz CT molecular complexity index is 617. The molecule has 2 heterocycles. The minimum absolute atomic E-state index is 0.0120. The normalized spacial score (nSPS) is 20.1. The first kappa shape index (κ1) is 13.7. The van der Waals surface area contributed by atoms with Gasteiger partial charge in [-0.05, 0) is 30.9 Å². The van der Waals surface area contributed by atoms with E-state index in [-0.39, 0.29) is 17.3 Å². The number of carbonyl (C=O) groups is 2. The summed E-state index contributed by atoms with van der Waals surface area (Å²) in [5, 5.41) is 0. The van der Waals surface area contributed by atoms with Crippen molar-refractivity contribution in [2.45, 2.75) is 18.8 Å². The first-order chi connectivity index (χ1) is 9.88. The predicted octanol–water partition coefficient (Wildman–Crippen LogP) is 0.951. The van der Waals surface area contributed by atoms with Gasteiger partial charge in [-0.3, -0.25) is 14.5 Å². The lowest BCUT2D eigenvalue weighted by molar-refractivity contribution is -0.152. The highest BCUT2D eigenvalue weighted by molar-refractivity contribution is 6.06. The van der Waals surface area contributed by atoms with E-state index in [0.29, 0.717) is 12.5 Å². The zero-order chi connectivity index (χ0) is 15.2. The first-order valence-corrected chi connectivity index (χ1v) is 6.52. The van der Waals surface area contributed by atoms with Gasteiger partial charge in [0.05, 0.1) is 13.2 Å². The number of halogens is 2. The Morgan fingerprint density at radius 1 is 1.48 bits per heavy atom. The molecule has 3 rings (SSSR count). The minimum Gasteiger partial charge on any atom is -0.476 e. The SMILES string of the molecule is NC(=O)c1ccc(N2CC(F)(F)C2=O)c(OCC2CC2)n1. The van der Waals surface area contributed by atoms with E-state index in [4.69, 9.17) is 10.5 Å². The highest BCUT2D eigenvalue weighted by atomic mass is 19.3. The Labute approximate surface area is 118 Å². The van der Waals surface area contributed by atoms with Crippen LogP contribution in [0, 0.1) is 5.92 Å². The maximum absolute atomic E-state index is 13.0. The Morgan fingerprint density at radius 3 is 2.71 bits per heavy atom. The average molecular weight is 297 g/mol. The van der Waals surface area contributed by atoms with Crippen LogP contribution in [0.1, 0.15) is 23.3 Å². The lowest BCUT2D eigenvalue weighted by atomic mass is 10.1. The number of ether oxygens (including phenoxy) is 1. The van der Waals surface area contributed by atoms with Gasteiger partial charge in [-0.1, -0.05) is 0 Å². The number of anilines is 1. The monoisotopic (exact) mass is 297 g/mol. The molecule has 2 N–H and O–H groups in total. The summed E-state index contributed by atoms with van der Waals surface area (Å²) in [5.74, 6) is -5.01. The Morgan fingerprint density at radius 2 is 2.19 bits per heavy atom. The highest BCUT2D eigenvalue weighted by Gasteiger charge is 2.55. The molecular formula is C13H13F2N3O3. The third kappa shape index (κ3) is 2.53. The Balaban J connectivity index is 1.87. The molecule has 1 saturated carbocycles. The van der Waals surface area contributed by atoms with Crippen LogP contribution >= 0.6 is 0 Å². The largest absolute Gasteiger partial charge is 0.476 e. The molecule has 2 amide bonds. The number of hydrogen-bond donors (Lipinski definition) is 1. The van der Waals surface area contributed by atoms with Crippen LogP contribution in [-0.4, -0.2) is 35.9 Å². The zero-order valence-electron chi connectivity index (χ0n) is 11.0. The summed E-state index contributed by atoms with van der Waals surface area (Å²) in [5.41, 5.74) is 5.23. The first-order valence-electron chi connectivity index (χ1n) is 6.52. The molecule has 8 heteroatoms. The van der Waals surface area contributed by atoms with Gasteiger partial charge in [-0.2, -0.15) is 8.78 Å². The topological polar surface area (TPSA) is 85.5 Å². The van der Waals surface area contributed by atoms with Gasteiger partial charge in [0.25, 0.3) is 11.8 Å². The van der Waals surface area contributed by atoms with E-state index >= 15 is 0 Å². The van der Waals surface area contributed by atoms with Gasteiger partial charge < -0.3 is 10.5 Å². The second-order valence-electron chi connectivity index (χ2n) is 5.24. The van der Waals surface area contributed by atoms with Gasteiger partial charge in [0.15, 0.2) is 0 Å². The molecule has 6 nitrogen and oxygen atoms in total. The Kier molecular flexibility index (Phi) is 3.03. The molecule has 1 saturated heterocycles. The predicted molar refractivity (Wildman–Crippen MR) is 68.3 cm³/mol. The van der Waals surface area contributed by atoms with Gasteiger partial charge in [0.2, 0.25) is 5.88 Å². The number of hydrogen-bond acceptors (Lipinski definition) is 4. The van der Waals surface area contributed by atoms with Crippen LogP contribution in [0.2, 0.25) is 0 Å². The third-order valence-electron chi connectivity index (χ3n) is 3.45. The van der Waals surface area contributed by atoms with E-state index < -0.39 is 24.3 Å². The van der Waals surface area contributed by atoms with Gasteiger partial charge in [0.1, 0.15) is 11.4 Å². The average Bonchev–Trinajstić information content (AvgIpc) is 3.26. The summed E-state index contributed by atoms with van der Waals surface area (Å²) in [4.78, 5) is 27.4. The van der Waals surface area contributed by atoms with E-state index in [0.717, 1.165) is 17.7 Å². The molecule has 0 atom stereocenters. The van der Waals surface area contributed by atoms with Crippen molar-refractivity contribution in [1.29, 1.82) is 0 Å². The molecular weight excluding hydrogens is 284 g/mol. The van der Waals surface area contributed by atoms with Crippen LogP contribution in [0.3, 0.4) is 0 Å². The van der Waals surface area contributed by atoms with Crippen molar-refractivity contribution in [3.05, 3.63) is 17.8 Å². The van der Waals surface area contributed by atoms with Crippen molar-refractivity contribution >= 4 is 17.5 Å². The molecule has 1 aromatic rings. The number of aromatic nitrogens is 1. The van der Waals surface area contributed by atoms with E-state index in [2.05, 4.69) is 4.98 Å². The van der Waals surface area contributed by atoms with Gasteiger partial charge in [-0.15, -0.1) is 0 Å². The number of nitrogens with two attached hydrogens (primary N) is 1. The fourth-order valence-corrected chi connectivity index (χ4v) is 2.00. The molecule has 2 aliphatic rings. The van der Waals surface area contributed by atoms with Crippen LogP contribution in [0.15, 0.2) is 12.1 Å². The van der Waals surface area contributed by atoms with Crippen LogP contribution in [0.25, 0.3) is 0 Å². The lowest BCUT2D eigenvalue weighted by Crippen LogP contribution is -2.62. The second kappa shape index (κ2) is 4.64. The summed E-state index contributed by atoms with van der Waals surface area (Å²) in [6, 6.07) is 2.63. The summed E-state index contributed by atoms with van der Waals surface area (Å²) in [6.45, 7) is -0.343. The summed E-state index contributed by atoms with van der Waals surface area (Å²) in [6.07, 6.45) is 2.07. The number of amides is 2. The van der Waals surface area contributed by atoms with Crippen molar-refractivity contribution in [3.8, 4) is 5.88 Å². The van der Waals surface area contributed by atoms with Gasteiger partial charge in [-0.25, -0.2) is 4.98 Å². The smallest absolute Gasteiger partial charge is 0.342 e. The van der Waals surface area contributed by atoms with E-state index in [1.54, 1.807) is 0 Å². The molecule has 0 unspecified atom stereocenters. The van der Waals surface area contributed by atoms with Crippen LogP contribution < -0.4 is 15.4 Å². The fraction of sp³-hybridized carbons (Fsp3) is 0.462. The molecule has 2 fully saturated rings. The van der Waals surface area contributed by atoms with E-state index in [9.17, 15) is 18.4 Å². The molecule has 1 aliphatic carbocycles. The highest BCUT2D eigenvalue weighted by Crippen LogP contribution is 2.38. The molecule has 0 radical (unpaired) electrons. The molecule has 21 heavy (non-hydrogen) atoms. The summed E-state index contributed by atoms with van der Waals surface area (Å²) < 4.78 is 31.5. The van der Waals surface area contributed by atoms with Crippen LogP contribution in [-0.2, 0) is 4.79 Å². The van der Waals surface area contributed by atoms with Crippen molar-refractivity contribution in [2.75, 3.05) is 18.1 Å². The number of primary amides is 1. The van der Waals surface area contributed by atoms with Crippen molar-refractivity contribution < 1.29 is 23.1 Å². The van der Waals surface area contributed by atoms with Crippen LogP contribution in [0.4, 0.5) is 14.5 Å². The number of carbonyl (C=O) groups excluding carboxylic acids is 2. The molecule has 112 valence electrons. The standard InChI is InChI=1S/C13H13F2N3O3/c14-13(15)6-18(12(13)20)9-4-3-8(10(16)19)17-11(9)21-5-7-1-2-7/h3-4,7H,1-2,5-6H2,(H2,16,19). The number of pyridine rings is 1. The van der Waals surface area contributed by atoms with E-state index in [1.807, 2.05) is 0 Å². The number of nitrogens with zero attached hydrogens (tertiary/aromatic N) is 2. The minimum atomic E-state index is -3.35. The number of alkyl halides is 2. The molecule has 1 aromatic heterocycles. The summed E-state index contributed by atoms with van der Waals surface area (Å²) >= 11 is 0. The third-order valence-corrected chi connectivity index (χ3v) is 3.45. The maximum Gasteiger partial charge on any atom is 0.342 e. The quantitative estimate of drug-likeness (QED) is 0.820. The molecule has 0 aromatic carbocycles.